The topological polar surface area (TPSA) is 61.0 Å². The molecule has 4 nitrogen and oxygen atoms in total. The van der Waals surface area contributed by atoms with Gasteiger partial charge in [-0.05, 0) is 5.92 Å². The second-order valence-electron chi connectivity index (χ2n) is 2.84. The highest BCUT2D eigenvalue weighted by atomic mass is 16.5. The maximum absolute atomic E-state index is 5.67. The summed E-state index contributed by atoms with van der Waals surface area (Å²) in [7, 11) is 1.58. The van der Waals surface area contributed by atoms with Crippen LogP contribution in [0.5, 0.6) is 5.88 Å². The minimum atomic E-state index is 0.279. The van der Waals surface area contributed by atoms with Crippen molar-refractivity contribution in [1.82, 2.24) is 9.97 Å². The molecule has 0 fully saturated rings. The summed E-state index contributed by atoms with van der Waals surface area (Å²) in [6, 6.07) is 0. The lowest BCUT2D eigenvalue weighted by Crippen LogP contribution is -2.04. The van der Waals surface area contributed by atoms with E-state index in [9.17, 15) is 0 Å². The first-order chi connectivity index (χ1) is 5.66. The van der Waals surface area contributed by atoms with Crippen LogP contribution in [0.1, 0.15) is 25.3 Å². The van der Waals surface area contributed by atoms with Crippen LogP contribution in [0, 0.1) is 0 Å². The molecule has 0 bridgehead atoms. The smallest absolute Gasteiger partial charge is 0.221 e. The molecule has 0 aliphatic heterocycles. The number of rotatable bonds is 2. The van der Waals surface area contributed by atoms with Crippen LogP contribution in [-0.2, 0) is 0 Å². The van der Waals surface area contributed by atoms with Crippen molar-refractivity contribution in [2.24, 2.45) is 0 Å². The van der Waals surface area contributed by atoms with Crippen molar-refractivity contribution < 1.29 is 4.74 Å². The first-order valence-electron chi connectivity index (χ1n) is 3.81. The van der Waals surface area contributed by atoms with Crippen molar-refractivity contribution in [3.05, 3.63) is 11.9 Å². The molecule has 12 heavy (non-hydrogen) atoms. The highest BCUT2D eigenvalue weighted by Crippen LogP contribution is 2.27. The van der Waals surface area contributed by atoms with Crippen LogP contribution in [0.2, 0.25) is 0 Å². The number of nitrogens with two attached hydrogens (primary N) is 1. The van der Waals surface area contributed by atoms with Crippen molar-refractivity contribution in [2.45, 2.75) is 19.8 Å². The molecule has 2 N–H and O–H groups in total. The monoisotopic (exact) mass is 167 g/mol. The maximum Gasteiger partial charge on any atom is 0.221 e. The average molecular weight is 167 g/mol. The molecule has 0 radical (unpaired) electrons. The summed E-state index contributed by atoms with van der Waals surface area (Å²) in [6.07, 6.45) is 1.40. The number of methoxy groups -OCH3 is 1. The van der Waals surface area contributed by atoms with Crippen LogP contribution in [0.25, 0.3) is 0 Å². The Labute approximate surface area is 71.8 Å². The average Bonchev–Trinajstić information content (AvgIpc) is 2.03. The molecule has 0 aliphatic carbocycles. The van der Waals surface area contributed by atoms with E-state index in [0.29, 0.717) is 11.7 Å². The second-order valence-corrected chi connectivity index (χ2v) is 2.84. The van der Waals surface area contributed by atoms with Gasteiger partial charge in [0.05, 0.1) is 12.7 Å². The molecule has 0 saturated carbocycles. The zero-order chi connectivity index (χ0) is 9.14. The van der Waals surface area contributed by atoms with Gasteiger partial charge in [-0.1, -0.05) is 13.8 Å². The number of aromatic nitrogens is 2. The predicted octanol–water partition coefficient (Wildman–Crippen LogP) is 1.19. The Kier molecular flexibility index (Phi) is 2.47. The van der Waals surface area contributed by atoms with Gasteiger partial charge >= 0.3 is 0 Å². The minimum Gasteiger partial charge on any atom is -0.481 e. The van der Waals surface area contributed by atoms with Gasteiger partial charge in [-0.25, -0.2) is 9.97 Å². The van der Waals surface area contributed by atoms with Crippen LogP contribution in [0.4, 0.5) is 5.82 Å². The van der Waals surface area contributed by atoms with Crippen LogP contribution < -0.4 is 10.5 Å². The molecular formula is C8H13N3O. The fraction of sp³-hybridized carbons (Fsp3) is 0.500. The lowest BCUT2D eigenvalue weighted by molar-refractivity contribution is 0.389. The van der Waals surface area contributed by atoms with Crippen LogP contribution >= 0.6 is 0 Å². The lowest BCUT2D eigenvalue weighted by atomic mass is 10.1. The fourth-order valence-corrected chi connectivity index (χ4v) is 1.10. The van der Waals surface area contributed by atoms with E-state index in [2.05, 4.69) is 9.97 Å². The third kappa shape index (κ3) is 1.47. The Morgan fingerprint density at radius 2 is 2.08 bits per heavy atom. The number of nitrogens with zero attached hydrogens (tertiary/aromatic N) is 2. The molecule has 1 heterocycles. The zero-order valence-corrected chi connectivity index (χ0v) is 7.53. The van der Waals surface area contributed by atoms with Gasteiger partial charge in [0.25, 0.3) is 0 Å². The van der Waals surface area contributed by atoms with E-state index < -0.39 is 0 Å². The van der Waals surface area contributed by atoms with Crippen molar-refractivity contribution in [3.63, 3.8) is 0 Å². The van der Waals surface area contributed by atoms with E-state index in [1.54, 1.807) is 7.11 Å². The summed E-state index contributed by atoms with van der Waals surface area (Å²) < 4.78 is 5.06. The molecule has 4 heteroatoms. The highest BCUT2D eigenvalue weighted by molar-refractivity contribution is 5.46. The van der Waals surface area contributed by atoms with Crippen molar-refractivity contribution >= 4 is 5.82 Å². The molecular weight excluding hydrogens is 154 g/mol. The number of anilines is 1. The largest absolute Gasteiger partial charge is 0.481 e. The number of ether oxygens (including phenoxy) is 1. The van der Waals surface area contributed by atoms with Gasteiger partial charge in [0.15, 0.2) is 0 Å². The van der Waals surface area contributed by atoms with Crippen molar-refractivity contribution in [3.8, 4) is 5.88 Å². The van der Waals surface area contributed by atoms with Gasteiger partial charge in [-0.3, -0.25) is 0 Å². The standard InChI is InChI=1S/C8H13N3O/c1-5(2)6-7(9)10-4-11-8(6)12-3/h4-5H,1-3H3,(H2,9,10,11). The Hall–Kier alpha value is -1.32. The van der Waals surface area contributed by atoms with Crippen molar-refractivity contribution in [1.29, 1.82) is 0 Å². The first kappa shape index (κ1) is 8.77. The Balaban J connectivity index is 3.20. The number of hydrogen-bond donors (Lipinski definition) is 1. The van der Waals surface area contributed by atoms with E-state index in [4.69, 9.17) is 10.5 Å². The molecule has 1 aromatic heterocycles. The van der Waals surface area contributed by atoms with Gasteiger partial charge in [-0.2, -0.15) is 0 Å². The van der Waals surface area contributed by atoms with E-state index in [1.807, 2.05) is 13.8 Å². The van der Waals surface area contributed by atoms with E-state index >= 15 is 0 Å². The van der Waals surface area contributed by atoms with E-state index in [-0.39, 0.29) is 5.92 Å². The van der Waals surface area contributed by atoms with Gasteiger partial charge < -0.3 is 10.5 Å². The summed E-state index contributed by atoms with van der Waals surface area (Å²) in [5.74, 6) is 1.34. The zero-order valence-electron chi connectivity index (χ0n) is 7.53. The summed E-state index contributed by atoms with van der Waals surface area (Å²) >= 11 is 0. The molecule has 0 amide bonds. The van der Waals surface area contributed by atoms with Gasteiger partial charge in [0.2, 0.25) is 5.88 Å². The third-order valence-electron chi connectivity index (χ3n) is 1.65. The lowest BCUT2D eigenvalue weighted by Gasteiger charge is -2.11. The SMILES string of the molecule is COc1ncnc(N)c1C(C)C. The molecule has 0 saturated heterocycles. The Bertz CT molecular complexity index is 273. The number of hydrogen-bond acceptors (Lipinski definition) is 4. The molecule has 0 aromatic carbocycles. The normalized spacial score (nSPS) is 10.3. The Morgan fingerprint density at radius 1 is 1.42 bits per heavy atom. The van der Waals surface area contributed by atoms with Gasteiger partial charge in [-0.15, -0.1) is 0 Å². The maximum atomic E-state index is 5.67. The van der Waals surface area contributed by atoms with Gasteiger partial charge in [0, 0.05) is 0 Å². The molecule has 0 aliphatic rings. The van der Waals surface area contributed by atoms with E-state index in [0.717, 1.165) is 5.56 Å². The van der Waals surface area contributed by atoms with Crippen LogP contribution in [0.15, 0.2) is 6.33 Å². The molecule has 0 unspecified atom stereocenters. The van der Waals surface area contributed by atoms with Crippen LogP contribution in [0.3, 0.4) is 0 Å². The van der Waals surface area contributed by atoms with E-state index in [1.165, 1.54) is 6.33 Å². The number of nitrogen functional groups attached to an aromatic ring is 1. The molecule has 1 aromatic rings. The molecule has 1 rings (SSSR count). The van der Waals surface area contributed by atoms with Gasteiger partial charge in [0.1, 0.15) is 12.1 Å². The third-order valence-corrected chi connectivity index (χ3v) is 1.65. The summed E-state index contributed by atoms with van der Waals surface area (Å²) in [5.41, 5.74) is 6.54. The second kappa shape index (κ2) is 3.38. The molecule has 0 spiro atoms. The fourth-order valence-electron chi connectivity index (χ4n) is 1.10. The van der Waals surface area contributed by atoms with Crippen molar-refractivity contribution in [2.75, 3.05) is 12.8 Å². The first-order valence-corrected chi connectivity index (χ1v) is 3.81. The quantitative estimate of drug-likeness (QED) is 0.718. The summed E-state index contributed by atoms with van der Waals surface area (Å²) in [5, 5.41) is 0. The van der Waals surface area contributed by atoms with Crippen LogP contribution in [-0.4, -0.2) is 17.1 Å². The summed E-state index contributed by atoms with van der Waals surface area (Å²) in [6.45, 7) is 4.05. The Morgan fingerprint density at radius 3 is 2.50 bits per heavy atom. The minimum absolute atomic E-state index is 0.279. The molecule has 0 atom stereocenters. The predicted molar refractivity (Wildman–Crippen MR) is 47.1 cm³/mol. The summed E-state index contributed by atoms with van der Waals surface area (Å²) in [4.78, 5) is 7.86. The highest BCUT2D eigenvalue weighted by Gasteiger charge is 2.12. The molecule has 66 valence electrons.